The third kappa shape index (κ3) is 3.61. The molecule has 0 amide bonds. The van der Waals surface area contributed by atoms with Crippen molar-refractivity contribution in [2.24, 2.45) is 5.92 Å². The van der Waals surface area contributed by atoms with E-state index in [1.165, 1.54) is 6.07 Å². The average Bonchev–Trinajstić information content (AvgIpc) is 2.69. The van der Waals surface area contributed by atoms with Crippen LogP contribution in [0.2, 0.25) is 0 Å². The first-order valence-electron chi connectivity index (χ1n) is 10.4. The fourth-order valence-electron chi connectivity index (χ4n) is 4.06. The molecule has 1 aromatic heterocycles. The van der Waals surface area contributed by atoms with Crippen LogP contribution in [0.1, 0.15) is 50.0 Å². The Morgan fingerprint density at radius 3 is 2.55 bits per heavy atom. The summed E-state index contributed by atoms with van der Waals surface area (Å²) >= 11 is 0. The summed E-state index contributed by atoms with van der Waals surface area (Å²) in [6.07, 6.45) is -0.595. The molecule has 1 aliphatic rings. The zero-order valence-electron chi connectivity index (χ0n) is 18.1. The van der Waals surface area contributed by atoms with Gasteiger partial charge in [0, 0.05) is 30.0 Å². The molecule has 0 saturated heterocycles. The molecule has 2 aromatic carbocycles. The third-order valence-corrected chi connectivity index (χ3v) is 5.73. The number of aromatic hydroxyl groups is 1. The molecular weight excluding hydrogens is 396 g/mol. The molecule has 1 aliphatic heterocycles. The Kier molecular flexibility index (Phi) is 5.13. The number of aliphatic hydroxyl groups is 1. The van der Waals surface area contributed by atoms with Gasteiger partial charge in [0.25, 0.3) is 0 Å². The number of hydrogen-bond donors (Lipinski definition) is 2. The topological polar surface area (TPSA) is 97.0 Å². The summed E-state index contributed by atoms with van der Waals surface area (Å²) in [7, 11) is 0. The molecule has 162 valence electrons. The molecule has 1 atom stereocenters. The van der Waals surface area contributed by atoms with Crippen molar-refractivity contribution in [3.05, 3.63) is 57.9 Å². The van der Waals surface area contributed by atoms with Crippen LogP contribution in [-0.4, -0.2) is 27.7 Å². The molecule has 6 nitrogen and oxygen atoms in total. The highest BCUT2D eigenvalue weighted by Gasteiger charge is 2.40. The monoisotopic (exact) mass is 422 g/mol. The van der Waals surface area contributed by atoms with E-state index in [0.717, 1.165) is 5.56 Å². The van der Waals surface area contributed by atoms with Crippen molar-refractivity contribution >= 4 is 16.8 Å². The minimum absolute atomic E-state index is 0.0143. The summed E-state index contributed by atoms with van der Waals surface area (Å²) in [5.74, 6) is -0.252. The zero-order valence-corrected chi connectivity index (χ0v) is 18.1. The fraction of sp³-hybridized carbons (Fsp3) is 0.360. The van der Waals surface area contributed by atoms with Crippen molar-refractivity contribution in [3.8, 4) is 22.6 Å². The second-order valence-corrected chi connectivity index (χ2v) is 9.03. The van der Waals surface area contributed by atoms with E-state index in [2.05, 4.69) is 0 Å². The summed E-state index contributed by atoms with van der Waals surface area (Å²) in [6.45, 7) is 7.30. The Morgan fingerprint density at radius 1 is 1.23 bits per heavy atom. The maximum atomic E-state index is 13.1. The zero-order chi connectivity index (χ0) is 22.5. The smallest absolute Gasteiger partial charge is 0.336 e. The van der Waals surface area contributed by atoms with Gasteiger partial charge in [-0.2, -0.15) is 0 Å². The van der Waals surface area contributed by atoms with Gasteiger partial charge in [-0.25, -0.2) is 4.79 Å². The molecule has 0 saturated carbocycles. The van der Waals surface area contributed by atoms with Gasteiger partial charge in [-0.15, -0.1) is 0 Å². The number of carbonyl (C=O) groups excluding carboxylic acids is 1. The van der Waals surface area contributed by atoms with Gasteiger partial charge in [0.2, 0.25) is 0 Å². The maximum absolute atomic E-state index is 13.1. The van der Waals surface area contributed by atoms with Gasteiger partial charge in [-0.05, 0) is 25.3 Å². The van der Waals surface area contributed by atoms with Crippen molar-refractivity contribution in [2.45, 2.75) is 52.2 Å². The Bertz CT molecular complexity index is 1220. The highest BCUT2D eigenvalue weighted by Crippen LogP contribution is 2.49. The van der Waals surface area contributed by atoms with Crippen molar-refractivity contribution in [1.82, 2.24) is 0 Å². The number of hydrogen-bond acceptors (Lipinski definition) is 6. The first kappa shape index (κ1) is 21.1. The molecule has 31 heavy (non-hydrogen) atoms. The van der Waals surface area contributed by atoms with Crippen molar-refractivity contribution < 1.29 is 24.2 Å². The third-order valence-electron chi connectivity index (χ3n) is 5.73. The lowest BCUT2D eigenvalue weighted by Gasteiger charge is -2.38. The highest BCUT2D eigenvalue weighted by atomic mass is 16.5. The Hall–Kier alpha value is -3.12. The van der Waals surface area contributed by atoms with E-state index in [-0.39, 0.29) is 41.4 Å². The first-order valence-corrected chi connectivity index (χ1v) is 10.4. The number of rotatable bonds is 4. The number of fused-ring (bicyclic) bond motifs is 3. The summed E-state index contributed by atoms with van der Waals surface area (Å²) < 4.78 is 11.7. The van der Waals surface area contributed by atoms with Crippen LogP contribution in [0, 0.1) is 5.92 Å². The van der Waals surface area contributed by atoms with Crippen LogP contribution in [0.25, 0.3) is 22.1 Å². The number of aliphatic hydroxyl groups excluding tert-OH is 1. The summed E-state index contributed by atoms with van der Waals surface area (Å²) in [5.41, 5.74) is 0.0713. The largest absolute Gasteiger partial charge is 0.507 e. The Morgan fingerprint density at radius 2 is 1.90 bits per heavy atom. The SMILES string of the molecule is CC(C)CC(=O)c1c(O)c2c(c3c(-c4ccccc4)cc(=O)oc13)OC(C)(C)C(O)C2. The number of phenolic OH excluding ortho intramolecular Hbond substituents is 1. The number of carbonyl (C=O) groups is 1. The Labute approximate surface area is 180 Å². The fourth-order valence-corrected chi connectivity index (χ4v) is 4.06. The van der Waals surface area contributed by atoms with Crippen LogP contribution >= 0.6 is 0 Å². The van der Waals surface area contributed by atoms with Gasteiger partial charge in [0.1, 0.15) is 22.7 Å². The van der Waals surface area contributed by atoms with Crippen LogP contribution in [0.3, 0.4) is 0 Å². The molecule has 0 radical (unpaired) electrons. The standard InChI is InChI=1S/C25H26O6/c1-13(2)10-17(26)21-22(29)16-11-18(27)25(3,4)31-23(16)20-15(12-19(28)30-24(20)21)14-8-6-5-7-9-14/h5-9,12-13,18,27,29H,10-11H2,1-4H3. The van der Waals surface area contributed by atoms with Crippen LogP contribution in [0.4, 0.5) is 0 Å². The molecule has 2 heterocycles. The molecule has 2 N–H and O–H groups in total. The van der Waals surface area contributed by atoms with E-state index >= 15 is 0 Å². The van der Waals surface area contributed by atoms with Gasteiger partial charge < -0.3 is 19.4 Å². The van der Waals surface area contributed by atoms with Crippen molar-refractivity contribution in [3.63, 3.8) is 0 Å². The molecule has 0 fully saturated rings. The summed E-state index contributed by atoms with van der Waals surface area (Å²) in [6, 6.07) is 10.6. The molecule has 3 aromatic rings. The van der Waals surface area contributed by atoms with Crippen LogP contribution < -0.4 is 10.4 Å². The minimum Gasteiger partial charge on any atom is -0.507 e. The first-order chi connectivity index (χ1) is 14.6. The van der Waals surface area contributed by atoms with E-state index in [9.17, 15) is 19.8 Å². The van der Waals surface area contributed by atoms with E-state index in [1.54, 1.807) is 13.8 Å². The van der Waals surface area contributed by atoms with E-state index in [1.807, 2.05) is 44.2 Å². The molecular formula is C25H26O6. The van der Waals surface area contributed by atoms with E-state index in [0.29, 0.717) is 22.3 Å². The summed E-state index contributed by atoms with van der Waals surface area (Å²) in [5, 5.41) is 22.1. The van der Waals surface area contributed by atoms with Gasteiger partial charge >= 0.3 is 5.63 Å². The minimum atomic E-state index is -0.931. The van der Waals surface area contributed by atoms with Crippen molar-refractivity contribution in [2.75, 3.05) is 0 Å². The van der Waals surface area contributed by atoms with Gasteiger partial charge in [-0.3, -0.25) is 4.79 Å². The average molecular weight is 422 g/mol. The van der Waals surface area contributed by atoms with Gasteiger partial charge in [0.15, 0.2) is 11.4 Å². The number of ether oxygens (including phenoxy) is 1. The predicted octanol–water partition coefficient (Wildman–Crippen LogP) is 4.47. The normalized spacial score (nSPS) is 17.4. The second-order valence-electron chi connectivity index (χ2n) is 9.03. The number of Topliss-reactive ketones (excluding diaryl/α,β-unsaturated/α-hetero) is 1. The van der Waals surface area contributed by atoms with Crippen LogP contribution in [-0.2, 0) is 6.42 Å². The molecule has 4 rings (SSSR count). The predicted molar refractivity (Wildman–Crippen MR) is 118 cm³/mol. The van der Waals surface area contributed by atoms with Crippen LogP contribution in [0.5, 0.6) is 11.5 Å². The Balaban J connectivity index is 2.16. The molecule has 1 unspecified atom stereocenters. The van der Waals surface area contributed by atoms with Crippen LogP contribution in [0.15, 0.2) is 45.6 Å². The lowest BCUT2D eigenvalue weighted by atomic mass is 9.85. The maximum Gasteiger partial charge on any atom is 0.336 e. The quantitative estimate of drug-likeness (QED) is 0.476. The van der Waals surface area contributed by atoms with Crippen molar-refractivity contribution in [1.29, 1.82) is 0 Å². The van der Waals surface area contributed by atoms with Gasteiger partial charge in [0.05, 0.1) is 11.5 Å². The molecule has 0 bridgehead atoms. The number of phenols is 1. The molecule has 0 spiro atoms. The van der Waals surface area contributed by atoms with E-state index < -0.39 is 17.3 Å². The van der Waals surface area contributed by atoms with Gasteiger partial charge in [-0.1, -0.05) is 44.2 Å². The molecule has 0 aliphatic carbocycles. The lowest BCUT2D eigenvalue weighted by Crippen LogP contribution is -2.46. The number of ketones is 1. The lowest BCUT2D eigenvalue weighted by molar-refractivity contribution is -0.0406. The van der Waals surface area contributed by atoms with E-state index in [4.69, 9.17) is 9.15 Å². The highest BCUT2D eigenvalue weighted by molar-refractivity contribution is 6.13. The number of benzene rings is 2. The second kappa shape index (κ2) is 7.54. The molecule has 6 heteroatoms. The summed E-state index contributed by atoms with van der Waals surface area (Å²) in [4.78, 5) is 25.6.